The molecule has 0 aliphatic carbocycles. The first kappa shape index (κ1) is 30.7. The van der Waals surface area contributed by atoms with Gasteiger partial charge in [-0.25, -0.2) is 9.98 Å². The zero-order chi connectivity index (χ0) is 32.7. The Morgan fingerprint density at radius 3 is 1.98 bits per heavy atom. The number of hydrogen-bond acceptors (Lipinski definition) is 4. The average molecular weight is 640 g/mol. The second-order valence-electron chi connectivity index (χ2n) is 11.2. The van der Waals surface area contributed by atoms with E-state index in [1.807, 2.05) is 54.6 Å². The Labute approximate surface area is 284 Å². The van der Waals surface area contributed by atoms with Crippen LogP contribution in [-0.2, 0) is 13.1 Å². The molecule has 0 unspecified atom stereocenters. The second-order valence-corrected chi connectivity index (χ2v) is 12.3. The zero-order valence-corrected chi connectivity index (χ0v) is 27.2. The Hall–Kier alpha value is -5.98. The lowest BCUT2D eigenvalue weighted by molar-refractivity contribution is 1.06. The van der Waals surface area contributed by atoms with E-state index in [0.29, 0.717) is 18.9 Å². The summed E-state index contributed by atoms with van der Waals surface area (Å²) in [7, 11) is 0. The number of amidine groups is 1. The highest BCUT2D eigenvalue weighted by atomic mass is 32.1. The number of fused-ring (bicyclic) bond motifs is 5. The van der Waals surface area contributed by atoms with Crippen molar-refractivity contribution in [2.45, 2.75) is 13.1 Å². The molecule has 2 heterocycles. The minimum absolute atomic E-state index is 0.629. The van der Waals surface area contributed by atoms with Gasteiger partial charge >= 0.3 is 0 Å². The number of nitrogens with zero attached hydrogens (tertiary/aromatic N) is 5. The lowest BCUT2D eigenvalue weighted by atomic mass is 10.1. The van der Waals surface area contributed by atoms with Gasteiger partial charge in [0.05, 0.1) is 28.8 Å². The fourth-order valence-electron chi connectivity index (χ4n) is 5.86. The van der Waals surface area contributed by atoms with Gasteiger partial charge in [-0.2, -0.15) is 0 Å². The third kappa shape index (κ3) is 6.34. The van der Waals surface area contributed by atoms with Gasteiger partial charge in [-0.3, -0.25) is 9.98 Å². The van der Waals surface area contributed by atoms with Crippen molar-refractivity contribution >= 4 is 62.6 Å². The lowest BCUT2D eigenvalue weighted by Crippen LogP contribution is -1.97. The number of aromatic nitrogens is 2. The fraction of sp³-hybridized carbons (Fsp3) is 0.0476. The number of rotatable bonds is 7. The molecule has 2 aromatic heterocycles. The predicted molar refractivity (Wildman–Crippen MR) is 205 cm³/mol. The summed E-state index contributed by atoms with van der Waals surface area (Å²) in [6.07, 6.45) is 0. The summed E-state index contributed by atoms with van der Waals surface area (Å²) < 4.78 is 3.54. The molecule has 0 amide bonds. The molecule has 0 atom stereocenters. The van der Waals surface area contributed by atoms with Crippen LogP contribution >= 0.6 is 11.3 Å². The van der Waals surface area contributed by atoms with Crippen molar-refractivity contribution in [1.82, 2.24) is 9.55 Å². The van der Waals surface area contributed by atoms with Gasteiger partial charge in [0.25, 0.3) is 0 Å². The largest absolute Gasteiger partial charge is 0.307 e. The molecule has 0 fully saturated rings. The quantitative estimate of drug-likeness (QED) is 0.126. The first-order valence-corrected chi connectivity index (χ1v) is 16.6. The van der Waals surface area contributed by atoms with Crippen molar-refractivity contribution in [2.75, 3.05) is 0 Å². The summed E-state index contributed by atoms with van der Waals surface area (Å²) in [4.78, 5) is 17.6. The van der Waals surface area contributed by atoms with Gasteiger partial charge in [-0.1, -0.05) is 127 Å². The third-order valence-corrected chi connectivity index (χ3v) is 9.21. The van der Waals surface area contributed by atoms with E-state index >= 15 is 0 Å². The zero-order valence-electron chi connectivity index (χ0n) is 26.4. The summed E-state index contributed by atoms with van der Waals surface area (Å²) in [6, 6.07) is 52.0. The summed E-state index contributed by atoms with van der Waals surface area (Å²) in [6.45, 7) is 8.44. The smallest absolute Gasteiger partial charge is 0.154 e. The van der Waals surface area contributed by atoms with Gasteiger partial charge in [-0.05, 0) is 48.8 Å². The minimum Gasteiger partial charge on any atom is -0.307 e. The van der Waals surface area contributed by atoms with E-state index in [9.17, 15) is 0 Å². The number of thiazole rings is 1. The van der Waals surface area contributed by atoms with Crippen molar-refractivity contribution < 1.29 is 0 Å². The summed E-state index contributed by atoms with van der Waals surface area (Å²) in [5, 5.41) is 3.52. The Morgan fingerprint density at radius 1 is 0.625 bits per heavy atom. The van der Waals surface area contributed by atoms with Crippen LogP contribution < -0.4 is 0 Å². The molecule has 0 aliphatic heterocycles. The van der Waals surface area contributed by atoms with Crippen LogP contribution in [0.5, 0.6) is 0 Å². The highest BCUT2D eigenvalue weighted by molar-refractivity contribution is 7.21. The first-order chi connectivity index (χ1) is 23.7. The molecule has 8 rings (SSSR count). The van der Waals surface area contributed by atoms with Crippen LogP contribution in [0.3, 0.4) is 0 Å². The molecule has 0 radical (unpaired) electrons. The maximum absolute atomic E-state index is 5.11. The molecule has 0 bridgehead atoms. The van der Waals surface area contributed by atoms with Crippen molar-refractivity contribution in [2.24, 2.45) is 15.0 Å². The van der Waals surface area contributed by atoms with Crippen molar-refractivity contribution in [3.05, 3.63) is 168 Å². The Morgan fingerprint density at radius 2 is 1.27 bits per heavy atom. The second kappa shape index (κ2) is 14.2. The fourth-order valence-corrected chi connectivity index (χ4v) is 6.84. The van der Waals surface area contributed by atoms with Crippen LogP contribution in [0.25, 0.3) is 48.3 Å². The standard InChI is InChI=1S/C27H19N3S.C15H14N2/c1-28-17-18-11-13-20(14-12-18)30-23-10-6-5-9-21(23)22-15-16-24-25(26(22)30)29-27(31-24)19-7-3-2-4-8-19;1-16-15(14-10-6-3-7-11-14)17-12-13-8-4-2-5-9-13/h2-16H,1,17H2;2-11H,1,12H2. The van der Waals surface area contributed by atoms with E-state index in [-0.39, 0.29) is 0 Å². The van der Waals surface area contributed by atoms with Gasteiger partial charge < -0.3 is 4.57 Å². The molecule has 6 heteroatoms. The average Bonchev–Trinajstić information content (AvgIpc) is 3.74. The Bertz CT molecular complexity index is 2360. The first-order valence-electron chi connectivity index (χ1n) is 15.7. The van der Waals surface area contributed by atoms with Crippen molar-refractivity contribution in [3.63, 3.8) is 0 Å². The molecule has 6 aromatic carbocycles. The third-order valence-electron chi connectivity index (χ3n) is 8.14. The van der Waals surface area contributed by atoms with Gasteiger partial charge in [0.1, 0.15) is 10.5 Å². The Balaban J connectivity index is 0.000000182. The molecule has 0 aliphatic rings. The van der Waals surface area contributed by atoms with E-state index in [4.69, 9.17) is 4.98 Å². The number of aliphatic imine (C=N–C) groups is 3. The van der Waals surface area contributed by atoms with E-state index in [1.165, 1.54) is 26.6 Å². The molecule has 48 heavy (non-hydrogen) atoms. The van der Waals surface area contributed by atoms with Gasteiger partial charge in [-0.15, -0.1) is 11.3 Å². The highest BCUT2D eigenvalue weighted by Gasteiger charge is 2.18. The highest BCUT2D eigenvalue weighted by Crippen LogP contribution is 2.39. The minimum atomic E-state index is 0.629. The molecule has 0 spiro atoms. The van der Waals surface area contributed by atoms with Gasteiger partial charge in [0.2, 0.25) is 0 Å². The Kier molecular flexibility index (Phi) is 9.07. The number of benzene rings is 6. The maximum Gasteiger partial charge on any atom is 0.154 e. The molecule has 0 N–H and O–H groups in total. The van der Waals surface area contributed by atoms with Crippen LogP contribution in [-0.4, -0.2) is 28.8 Å². The SMILES string of the molecule is C=NC(=NCc1ccccc1)c1ccccc1.C=NCc1ccc(-n2c3ccccc3c3ccc4sc(-c5ccccc5)nc4c32)cc1. The number of para-hydroxylation sites is 1. The lowest BCUT2D eigenvalue weighted by Gasteiger charge is -2.09. The van der Waals surface area contributed by atoms with Crippen molar-refractivity contribution in [1.29, 1.82) is 0 Å². The van der Waals surface area contributed by atoms with E-state index in [0.717, 1.165) is 38.4 Å². The topological polar surface area (TPSA) is 54.9 Å². The summed E-state index contributed by atoms with van der Waals surface area (Å²) in [5.41, 5.74) is 9.00. The van der Waals surface area contributed by atoms with Crippen LogP contribution in [0.2, 0.25) is 0 Å². The van der Waals surface area contributed by atoms with Crippen LogP contribution in [0.4, 0.5) is 0 Å². The van der Waals surface area contributed by atoms with Crippen molar-refractivity contribution in [3.8, 4) is 16.3 Å². The molecule has 8 aromatic rings. The summed E-state index contributed by atoms with van der Waals surface area (Å²) in [5.74, 6) is 0.689. The monoisotopic (exact) mass is 639 g/mol. The molecular weight excluding hydrogens is 607 g/mol. The van der Waals surface area contributed by atoms with E-state index in [2.05, 4.69) is 130 Å². The molecule has 0 saturated carbocycles. The molecular formula is C42H33N5S. The van der Waals surface area contributed by atoms with Crippen LogP contribution in [0, 0.1) is 0 Å². The number of hydrogen-bond donors (Lipinski definition) is 0. The van der Waals surface area contributed by atoms with Crippen LogP contribution in [0.1, 0.15) is 16.7 Å². The van der Waals surface area contributed by atoms with E-state index < -0.39 is 0 Å². The molecule has 0 saturated heterocycles. The normalized spacial score (nSPS) is 11.4. The van der Waals surface area contributed by atoms with E-state index in [1.54, 1.807) is 11.3 Å². The summed E-state index contributed by atoms with van der Waals surface area (Å²) >= 11 is 1.74. The molecule has 232 valence electrons. The maximum atomic E-state index is 5.11. The molecule has 5 nitrogen and oxygen atoms in total. The van der Waals surface area contributed by atoms with Gasteiger partial charge in [0.15, 0.2) is 5.84 Å². The van der Waals surface area contributed by atoms with Crippen LogP contribution in [0.15, 0.2) is 167 Å². The predicted octanol–water partition coefficient (Wildman–Crippen LogP) is 10.6. The van der Waals surface area contributed by atoms with Gasteiger partial charge in [0, 0.05) is 27.6 Å².